The maximum atomic E-state index is 12.4. The number of fused-ring (bicyclic) bond motifs is 4. The van der Waals surface area contributed by atoms with Crippen molar-refractivity contribution in [2.24, 2.45) is 11.3 Å². The van der Waals surface area contributed by atoms with Gasteiger partial charge in [0.05, 0.1) is 11.8 Å². The van der Waals surface area contributed by atoms with E-state index in [-0.39, 0.29) is 21.3 Å². The van der Waals surface area contributed by atoms with Gasteiger partial charge in [-0.1, -0.05) is 30.7 Å². The first kappa shape index (κ1) is 24.9. The van der Waals surface area contributed by atoms with Gasteiger partial charge in [0.15, 0.2) is 0 Å². The van der Waals surface area contributed by atoms with E-state index in [1.54, 1.807) is 6.07 Å². The van der Waals surface area contributed by atoms with E-state index >= 15 is 0 Å². The van der Waals surface area contributed by atoms with Crippen molar-refractivity contribution < 1.29 is 40.8 Å². The van der Waals surface area contributed by atoms with E-state index in [0.29, 0.717) is 19.3 Å². The molecule has 11 heteroatoms. The molecular formula is C23H26F3NO6S. The first-order valence-electron chi connectivity index (χ1n) is 10.9. The Labute approximate surface area is 195 Å². The van der Waals surface area contributed by atoms with Gasteiger partial charge < -0.3 is 9.84 Å². The normalized spacial score (nSPS) is 26.7. The molecule has 1 fully saturated rings. The van der Waals surface area contributed by atoms with E-state index in [1.165, 1.54) is 17.7 Å². The van der Waals surface area contributed by atoms with E-state index < -0.39 is 41.7 Å². The second-order valence-electron chi connectivity index (χ2n) is 9.41. The summed E-state index contributed by atoms with van der Waals surface area (Å²) in [6.45, 7) is 3.38. The fraction of sp³-hybridized carbons (Fsp3) is 0.522. The number of benzene rings is 1. The molecular weight excluding hydrogens is 475 g/mol. The van der Waals surface area contributed by atoms with Gasteiger partial charge in [-0.3, -0.25) is 9.35 Å². The summed E-state index contributed by atoms with van der Waals surface area (Å²) in [4.78, 5) is 12.4. The molecule has 0 saturated heterocycles. The molecule has 3 aliphatic carbocycles. The van der Waals surface area contributed by atoms with Crippen LogP contribution in [0.25, 0.3) is 5.57 Å². The number of hydrogen-bond acceptors (Lipinski definition) is 5. The summed E-state index contributed by atoms with van der Waals surface area (Å²) in [5.41, 5.74) is 4.57. The number of allylic oxidation sites excluding steroid dienone is 2. The quantitative estimate of drug-likeness (QED) is 0.469. The van der Waals surface area contributed by atoms with Gasteiger partial charge in [0.25, 0.3) is 5.91 Å². The second-order valence-corrected chi connectivity index (χ2v) is 10.7. The lowest BCUT2D eigenvalue weighted by molar-refractivity contribution is -0.175. The molecule has 34 heavy (non-hydrogen) atoms. The Balaban J connectivity index is 1.65. The largest absolute Gasteiger partial charge is 0.411 e. The molecule has 4 rings (SSSR count). The maximum Gasteiger partial charge on any atom is 0.411 e. The minimum absolute atomic E-state index is 0.0562. The van der Waals surface area contributed by atoms with Crippen LogP contribution >= 0.6 is 0 Å². The molecule has 0 heterocycles. The predicted molar refractivity (Wildman–Crippen MR) is 118 cm³/mol. The van der Waals surface area contributed by atoms with Gasteiger partial charge in [0.1, 0.15) is 13.2 Å². The van der Waals surface area contributed by atoms with Crippen LogP contribution in [-0.4, -0.2) is 49.5 Å². The molecule has 1 aromatic rings. The Hall–Kier alpha value is -2.21. The highest BCUT2D eigenvalue weighted by Crippen LogP contribution is 2.59. The van der Waals surface area contributed by atoms with Gasteiger partial charge >= 0.3 is 16.5 Å². The zero-order valence-electron chi connectivity index (χ0n) is 18.6. The summed E-state index contributed by atoms with van der Waals surface area (Å²) in [6.07, 6.45) is -1.86. The Morgan fingerprint density at radius 1 is 1.29 bits per heavy atom. The van der Waals surface area contributed by atoms with Crippen molar-refractivity contribution in [2.45, 2.75) is 51.3 Å². The third kappa shape index (κ3) is 4.41. The first-order valence-corrected chi connectivity index (χ1v) is 12.3. The molecule has 1 saturated carbocycles. The summed E-state index contributed by atoms with van der Waals surface area (Å²) >= 11 is 0. The molecule has 0 spiro atoms. The fourth-order valence-electron chi connectivity index (χ4n) is 5.74. The number of rotatable bonds is 5. The number of halogens is 3. The molecule has 186 valence electrons. The number of hydrogen-bond donors (Lipinski definition) is 2. The standard InChI is InChI=1S/C23H26F3NO6S/c1-13-9-19(28)22(2)8-7-17-16-6-4-15(10-14(16)3-5-18(17)21(13)22)27(34(30,31)32)20(29)11-33-12-23(24,25)26/h4,6,10,19,21,28H,1,3,5,7-9,11-12H2,2H3,(H,30,31,32)/t19-,21+,22-/m1/s1. The zero-order valence-corrected chi connectivity index (χ0v) is 19.4. The Morgan fingerprint density at radius 2 is 2.00 bits per heavy atom. The molecule has 3 atom stereocenters. The molecule has 0 bridgehead atoms. The Morgan fingerprint density at radius 3 is 2.65 bits per heavy atom. The van der Waals surface area contributed by atoms with Gasteiger partial charge in [-0.25, -0.2) is 0 Å². The number of carbonyl (C=O) groups excluding carboxylic acids is 1. The van der Waals surface area contributed by atoms with Crippen molar-refractivity contribution in [2.75, 3.05) is 17.5 Å². The van der Waals surface area contributed by atoms with Gasteiger partial charge in [0, 0.05) is 11.3 Å². The Kier molecular flexibility index (Phi) is 6.20. The SMILES string of the molecule is C=C1C[C@@H](O)[C@@]2(C)CCC3=C(CCc4cc(N(C(=O)COCC(F)(F)F)S(=O)(=O)O)ccc43)[C@H]12. The van der Waals surface area contributed by atoms with Gasteiger partial charge in [0.2, 0.25) is 0 Å². The summed E-state index contributed by atoms with van der Waals surface area (Å²) in [5.74, 6) is -1.27. The molecule has 2 N–H and O–H groups in total. The van der Waals surface area contributed by atoms with Crippen LogP contribution in [-0.2, 0) is 26.3 Å². The monoisotopic (exact) mass is 501 g/mol. The van der Waals surface area contributed by atoms with Gasteiger partial charge in [-0.15, -0.1) is 0 Å². The minimum atomic E-state index is -5.10. The highest BCUT2D eigenvalue weighted by Gasteiger charge is 2.52. The number of carbonyl (C=O) groups is 1. The average molecular weight is 502 g/mol. The van der Waals surface area contributed by atoms with E-state index in [9.17, 15) is 36.0 Å². The highest BCUT2D eigenvalue weighted by molar-refractivity contribution is 7.88. The number of alkyl halides is 3. The van der Waals surface area contributed by atoms with E-state index in [2.05, 4.69) is 18.2 Å². The number of aryl methyl sites for hydroxylation is 1. The van der Waals surface area contributed by atoms with Crippen LogP contribution < -0.4 is 4.31 Å². The highest BCUT2D eigenvalue weighted by atomic mass is 32.2. The van der Waals surface area contributed by atoms with Gasteiger partial charge in [-0.2, -0.15) is 25.9 Å². The van der Waals surface area contributed by atoms with Crippen LogP contribution in [0.15, 0.2) is 35.9 Å². The van der Waals surface area contributed by atoms with Crippen molar-refractivity contribution >= 4 is 27.5 Å². The molecule has 1 amide bonds. The smallest absolute Gasteiger partial charge is 0.392 e. The van der Waals surface area contributed by atoms with Crippen LogP contribution in [0, 0.1) is 11.3 Å². The van der Waals surface area contributed by atoms with Crippen molar-refractivity contribution in [1.82, 2.24) is 0 Å². The van der Waals surface area contributed by atoms with Crippen molar-refractivity contribution in [3.8, 4) is 0 Å². The van der Waals surface area contributed by atoms with Crippen LogP contribution in [0.2, 0.25) is 0 Å². The van der Waals surface area contributed by atoms with Crippen molar-refractivity contribution in [3.63, 3.8) is 0 Å². The number of amides is 1. The summed E-state index contributed by atoms with van der Waals surface area (Å²) < 4.78 is 74.6. The summed E-state index contributed by atoms with van der Waals surface area (Å²) in [6, 6.07) is 4.47. The van der Waals surface area contributed by atoms with Gasteiger partial charge in [-0.05, 0) is 60.9 Å². The van der Waals surface area contributed by atoms with E-state index in [0.717, 1.165) is 35.1 Å². The van der Waals surface area contributed by atoms with E-state index in [4.69, 9.17) is 0 Å². The fourth-order valence-corrected chi connectivity index (χ4v) is 6.43. The lowest BCUT2D eigenvalue weighted by atomic mass is 9.62. The number of aliphatic hydroxyl groups is 1. The van der Waals surface area contributed by atoms with E-state index in [1.807, 2.05) is 0 Å². The first-order chi connectivity index (χ1) is 15.7. The molecule has 0 aliphatic heterocycles. The van der Waals surface area contributed by atoms with Crippen molar-refractivity contribution in [1.29, 1.82) is 0 Å². The number of anilines is 1. The topological polar surface area (TPSA) is 104 Å². The van der Waals surface area contributed by atoms with Crippen molar-refractivity contribution in [3.05, 3.63) is 47.1 Å². The average Bonchev–Trinajstić information content (AvgIpc) is 2.94. The third-order valence-electron chi connectivity index (χ3n) is 7.19. The molecule has 0 unspecified atom stereocenters. The third-order valence-corrected chi connectivity index (χ3v) is 8.07. The zero-order chi connectivity index (χ0) is 25.1. The second kappa shape index (κ2) is 8.47. The predicted octanol–water partition coefficient (Wildman–Crippen LogP) is 3.84. The molecule has 3 aliphatic rings. The lowest BCUT2D eigenvalue weighted by Crippen LogP contribution is -2.40. The van der Waals surface area contributed by atoms with Crippen LogP contribution in [0.1, 0.15) is 43.7 Å². The van der Waals surface area contributed by atoms with Crippen LogP contribution in [0.3, 0.4) is 0 Å². The minimum Gasteiger partial charge on any atom is -0.392 e. The summed E-state index contributed by atoms with van der Waals surface area (Å²) in [5, 5.41) is 10.6. The lowest BCUT2D eigenvalue weighted by Gasteiger charge is -2.43. The molecule has 0 aromatic heterocycles. The van der Waals surface area contributed by atoms with Crippen LogP contribution in [0.5, 0.6) is 0 Å². The maximum absolute atomic E-state index is 12.4. The summed E-state index contributed by atoms with van der Waals surface area (Å²) in [7, 11) is -5.10. The number of nitrogens with zero attached hydrogens (tertiary/aromatic N) is 1. The molecule has 1 aromatic carbocycles. The number of ether oxygens (including phenoxy) is 1. The molecule has 0 radical (unpaired) electrons. The molecule has 7 nitrogen and oxygen atoms in total. The Bertz CT molecular complexity index is 1180. The number of aliphatic hydroxyl groups excluding tert-OH is 1. The van der Waals surface area contributed by atoms with Crippen LogP contribution in [0.4, 0.5) is 18.9 Å².